The Morgan fingerprint density at radius 1 is 1.40 bits per heavy atom. The minimum Gasteiger partial charge on any atom is -0.0990 e. The summed E-state index contributed by atoms with van der Waals surface area (Å²) in [4.78, 5) is 2.72. The van der Waals surface area contributed by atoms with Crippen LogP contribution in [0.3, 0.4) is 0 Å². The Labute approximate surface area is 97.2 Å². The van der Waals surface area contributed by atoms with Gasteiger partial charge in [0.1, 0.15) is 0 Å². The lowest BCUT2D eigenvalue weighted by atomic mass is 10.1. The van der Waals surface area contributed by atoms with Gasteiger partial charge in [-0.2, -0.15) is 0 Å². The standard InChI is InChI=1S/C14H18S/c1-5-7-13(10-11(2)3)14-9-6-8-12(4)15-14/h5,7-10H,1,6H2,2-4H3/b13-7+. The summed E-state index contributed by atoms with van der Waals surface area (Å²) < 4.78 is 0. The fraction of sp³-hybridized carbons (Fsp3) is 0.286. The monoisotopic (exact) mass is 218 g/mol. The zero-order valence-corrected chi connectivity index (χ0v) is 10.5. The highest BCUT2D eigenvalue weighted by molar-refractivity contribution is 8.07. The Kier molecular flexibility index (Phi) is 4.70. The van der Waals surface area contributed by atoms with Gasteiger partial charge in [-0.1, -0.05) is 54.3 Å². The van der Waals surface area contributed by atoms with E-state index in [9.17, 15) is 0 Å². The van der Waals surface area contributed by atoms with Crippen molar-refractivity contribution in [1.82, 2.24) is 0 Å². The normalized spacial score (nSPS) is 16.6. The summed E-state index contributed by atoms with van der Waals surface area (Å²) in [7, 11) is 0. The predicted molar refractivity (Wildman–Crippen MR) is 71.8 cm³/mol. The molecule has 0 unspecified atom stereocenters. The van der Waals surface area contributed by atoms with Gasteiger partial charge in [0.05, 0.1) is 0 Å². The lowest BCUT2D eigenvalue weighted by Gasteiger charge is -2.13. The molecule has 1 rings (SSSR count). The van der Waals surface area contributed by atoms with Gasteiger partial charge >= 0.3 is 0 Å². The maximum atomic E-state index is 3.76. The summed E-state index contributed by atoms with van der Waals surface area (Å²) in [5.41, 5.74) is 2.58. The highest BCUT2D eigenvalue weighted by atomic mass is 32.2. The molecule has 15 heavy (non-hydrogen) atoms. The van der Waals surface area contributed by atoms with Crippen LogP contribution in [-0.4, -0.2) is 0 Å². The van der Waals surface area contributed by atoms with Crippen LogP contribution in [0.15, 0.2) is 57.9 Å². The average molecular weight is 218 g/mol. The molecule has 0 saturated carbocycles. The second kappa shape index (κ2) is 5.82. The predicted octanol–water partition coefficient (Wildman–Crippen LogP) is 4.99. The van der Waals surface area contributed by atoms with Crippen molar-refractivity contribution in [2.45, 2.75) is 27.2 Å². The van der Waals surface area contributed by atoms with E-state index >= 15 is 0 Å². The molecule has 0 N–H and O–H groups in total. The number of allylic oxidation sites excluding steroid dienone is 8. The van der Waals surface area contributed by atoms with Crippen LogP contribution in [0.2, 0.25) is 0 Å². The van der Waals surface area contributed by atoms with Crippen LogP contribution in [-0.2, 0) is 0 Å². The van der Waals surface area contributed by atoms with Crippen LogP contribution in [0.25, 0.3) is 0 Å². The molecule has 0 fully saturated rings. The van der Waals surface area contributed by atoms with Gasteiger partial charge in [0.15, 0.2) is 0 Å². The number of thioether (sulfide) groups is 1. The van der Waals surface area contributed by atoms with Crippen molar-refractivity contribution < 1.29 is 0 Å². The van der Waals surface area contributed by atoms with E-state index in [1.54, 1.807) is 0 Å². The van der Waals surface area contributed by atoms with Gasteiger partial charge in [0.2, 0.25) is 0 Å². The summed E-state index contributed by atoms with van der Waals surface area (Å²) in [5, 5.41) is 0. The molecule has 0 aromatic heterocycles. The molecular weight excluding hydrogens is 200 g/mol. The lowest BCUT2D eigenvalue weighted by Crippen LogP contribution is -1.88. The molecule has 1 aliphatic heterocycles. The quantitative estimate of drug-likeness (QED) is 0.601. The van der Waals surface area contributed by atoms with E-state index in [2.05, 4.69) is 51.7 Å². The van der Waals surface area contributed by atoms with Crippen LogP contribution < -0.4 is 0 Å². The first-order valence-corrected chi connectivity index (χ1v) is 5.98. The summed E-state index contributed by atoms with van der Waals surface area (Å²) in [6.07, 6.45) is 11.7. The summed E-state index contributed by atoms with van der Waals surface area (Å²) in [6, 6.07) is 0. The highest BCUT2D eigenvalue weighted by Crippen LogP contribution is 2.35. The Hall–Kier alpha value is -0.950. The van der Waals surface area contributed by atoms with Crippen molar-refractivity contribution in [2.24, 2.45) is 0 Å². The Balaban J connectivity index is 2.92. The first-order chi connectivity index (χ1) is 7.13. The van der Waals surface area contributed by atoms with Crippen molar-refractivity contribution >= 4 is 11.8 Å². The molecule has 0 saturated heterocycles. The molecule has 0 aromatic carbocycles. The Morgan fingerprint density at radius 3 is 2.67 bits per heavy atom. The van der Waals surface area contributed by atoms with Gasteiger partial charge in [-0.15, -0.1) is 0 Å². The van der Waals surface area contributed by atoms with Gasteiger partial charge in [-0.25, -0.2) is 0 Å². The molecule has 0 aromatic rings. The number of hydrogen-bond acceptors (Lipinski definition) is 1. The van der Waals surface area contributed by atoms with Crippen LogP contribution in [0.5, 0.6) is 0 Å². The molecule has 80 valence electrons. The van der Waals surface area contributed by atoms with Crippen molar-refractivity contribution in [3.63, 3.8) is 0 Å². The van der Waals surface area contributed by atoms with Gasteiger partial charge in [-0.05, 0) is 37.7 Å². The molecule has 0 atom stereocenters. The molecule has 0 nitrogen and oxygen atoms in total. The fourth-order valence-electron chi connectivity index (χ4n) is 1.40. The molecule has 1 heteroatoms. The smallest absolute Gasteiger partial charge is 0.0154 e. The molecule has 0 radical (unpaired) electrons. The maximum Gasteiger partial charge on any atom is 0.0154 e. The van der Waals surface area contributed by atoms with Gasteiger partial charge in [-0.3, -0.25) is 0 Å². The first-order valence-electron chi connectivity index (χ1n) is 5.16. The van der Waals surface area contributed by atoms with Crippen molar-refractivity contribution in [2.75, 3.05) is 0 Å². The van der Waals surface area contributed by atoms with E-state index in [0.717, 1.165) is 6.42 Å². The zero-order chi connectivity index (χ0) is 11.3. The summed E-state index contributed by atoms with van der Waals surface area (Å²) >= 11 is 1.84. The van der Waals surface area contributed by atoms with E-state index in [1.165, 1.54) is 21.0 Å². The van der Waals surface area contributed by atoms with Gasteiger partial charge < -0.3 is 0 Å². The van der Waals surface area contributed by atoms with E-state index in [1.807, 2.05) is 17.8 Å². The lowest BCUT2D eigenvalue weighted by molar-refractivity contribution is 1.32. The molecule has 1 aliphatic rings. The van der Waals surface area contributed by atoms with Crippen molar-refractivity contribution in [3.05, 3.63) is 57.9 Å². The van der Waals surface area contributed by atoms with E-state index in [-0.39, 0.29) is 0 Å². The van der Waals surface area contributed by atoms with Crippen LogP contribution in [0.1, 0.15) is 27.2 Å². The Morgan fingerprint density at radius 2 is 2.13 bits per heavy atom. The second-order valence-electron chi connectivity index (χ2n) is 3.80. The summed E-state index contributed by atoms with van der Waals surface area (Å²) in [5.74, 6) is 0. The third kappa shape index (κ3) is 3.96. The molecule has 1 heterocycles. The minimum atomic E-state index is 1.04. The first kappa shape index (κ1) is 12.1. The van der Waals surface area contributed by atoms with E-state index < -0.39 is 0 Å². The van der Waals surface area contributed by atoms with Crippen LogP contribution in [0, 0.1) is 0 Å². The molecule has 0 bridgehead atoms. The maximum absolute atomic E-state index is 3.76. The molecule has 0 amide bonds. The van der Waals surface area contributed by atoms with Crippen molar-refractivity contribution in [3.8, 4) is 0 Å². The largest absolute Gasteiger partial charge is 0.0990 e. The minimum absolute atomic E-state index is 1.04. The fourth-order valence-corrected chi connectivity index (χ4v) is 2.36. The van der Waals surface area contributed by atoms with E-state index in [0.29, 0.717) is 0 Å². The SMILES string of the molecule is C=C/C=C(\C=C(C)C)C1=CCC=C(C)S1. The van der Waals surface area contributed by atoms with Gasteiger partial charge in [0, 0.05) is 4.91 Å². The Bertz CT molecular complexity index is 361. The van der Waals surface area contributed by atoms with Crippen molar-refractivity contribution in [1.29, 1.82) is 0 Å². The molecule has 0 spiro atoms. The molecular formula is C14H18S. The number of rotatable bonds is 3. The van der Waals surface area contributed by atoms with Crippen LogP contribution in [0.4, 0.5) is 0 Å². The third-order valence-electron chi connectivity index (χ3n) is 2.01. The highest BCUT2D eigenvalue weighted by Gasteiger charge is 2.07. The van der Waals surface area contributed by atoms with E-state index in [4.69, 9.17) is 0 Å². The zero-order valence-electron chi connectivity index (χ0n) is 9.71. The van der Waals surface area contributed by atoms with Crippen LogP contribution >= 0.6 is 11.8 Å². The topological polar surface area (TPSA) is 0 Å². The number of hydrogen-bond donors (Lipinski definition) is 0. The second-order valence-corrected chi connectivity index (χ2v) is 5.09. The summed E-state index contributed by atoms with van der Waals surface area (Å²) in [6.45, 7) is 10.2. The molecule has 0 aliphatic carbocycles. The average Bonchev–Trinajstić information content (AvgIpc) is 2.16. The van der Waals surface area contributed by atoms with Gasteiger partial charge in [0.25, 0.3) is 0 Å². The third-order valence-corrected chi connectivity index (χ3v) is 3.12.